The molecule has 1 aliphatic rings. The second-order valence-electron chi connectivity index (χ2n) is 3.07. The third-order valence-electron chi connectivity index (χ3n) is 2.23. The van der Waals surface area contributed by atoms with E-state index >= 15 is 0 Å². The first-order valence-corrected chi connectivity index (χ1v) is 4.28. The van der Waals surface area contributed by atoms with Crippen molar-refractivity contribution in [3.05, 3.63) is 53.6 Å². The molecule has 64 valence electrons. The van der Waals surface area contributed by atoms with Crippen LogP contribution in [-0.2, 0) is 6.42 Å². The minimum atomic E-state index is 0.112. The Bertz CT molecular complexity index is 400. The number of allylic oxidation sites excluding steroid dienone is 2. The maximum absolute atomic E-state index is 11.3. The van der Waals surface area contributed by atoms with Gasteiger partial charge in [0.05, 0.1) is 0 Å². The third-order valence-corrected chi connectivity index (χ3v) is 2.23. The lowest BCUT2D eigenvalue weighted by Gasteiger charge is -2.03. The van der Waals surface area contributed by atoms with Crippen LogP contribution >= 0.6 is 0 Å². The van der Waals surface area contributed by atoms with Gasteiger partial charge in [0.2, 0.25) is 0 Å². The predicted octanol–water partition coefficient (Wildman–Crippen LogP) is 2.62. The summed E-state index contributed by atoms with van der Waals surface area (Å²) in [5.74, 6) is 0.112. The van der Waals surface area contributed by atoms with Crippen molar-refractivity contribution in [3.8, 4) is 0 Å². The van der Waals surface area contributed by atoms with E-state index in [0.717, 1.165) is 17.5 Å². The van der Waals surface area contributed by atoms with E-state index in [1.807, 2.05) is 30.4 Å². The van der Waals surface area contributed by atoms with E-state index < -0.39 is 0 Å². The lowest BCUT2D eigenvalue weighted by Crippen LogP contribution is -1.94. The average Bonchev–Trinajstić information content (AvgIpc) is 2.50. The second-order valence-corrected chi connectivity index (χ2v) is 3.07. The van der Waals surface area contributed by atoms with Crippen molar-refractivity contribution in [2.75, 3.05) is 0 Å². The Kier molecular flexibility index (Phi) is 1.85. The van der Waals surface area contributed by atoms with Gasteiger partial charge in [-0.25, -0.2) is 0 Å². The molecule has 1 aromatic rings. The summed E-state index contributed by atoms with van der Waals surface area (Å²) in [6.07, 6.45) is 6.18. The van der Waals surface area contributed by atoms with Crippen molar-refractivity contribution in [1.29, 1.82) is 0 Å². The number of hydrogen-bond acceptors (Lipinski definition) is 1. The van der Waals surface area contributed by atoms with Gasteiger partial charge in [0.25, 0.3) is 0 Å². The SMILES string of the molecule is C=CCc1cccc2c1C=CC2=O. The fraction of sp³-hybridized carbons (Fsp3) is 0.0833. The summed E-state index contributed by atoms with van der Waals surface area (Å²) in [5, 5.41) is 0. The summed E-state index contributed by atoms with van der Waals surface area (Å²) in [7, 11) is 0. The van der Waals surface area contributed by atoms with Crippen molar-refractivity contribution in [3.63, 3.8) is 0 Å². The van der Waals surface area contributed by atoms with Crippen molar-refractivity contribution >= 4 is 11.9 Å². The lowest BCUT2D eigenvalue weighted by molar-refractivity contribution is 0.105. The van der Waals surface area contributed by atoms with Crippen molar-refractivity contribution in [2.45, 2.75) is 6.42 Å². The molecule has 0 saturated heterocycles. The van der Waals surface area contributed by atoms with E-state index in [4.69, 9.17) is 0 Å². The van der Waals surface area contributed by atoms with Crippen LogP contribution in [0.1, 0.15) is 21.5 Å². The molecule has 13 heavy (non-hydrogen) atoms. The van der Waals surface area contributed by atoms with Gasteiger partial charge < -0.3 is 0 Å². The molecule has 0 aliphatic heterocycles. The molecule has 0 aromatic heterocycles. The smallest absolute Gasteiger partial charge is 0.186 e. The van der Waals surface area contributed by atoms with Crippen LogP contribution in [0.2, 0.25) is 0 Å². The standard InChI is InChI=1S/C12H10O/c1-2-4-9-5-3-6-11-10(9)7-8-12(11)13/h2-3,5-8H,1,4H2. The highest BCUT2D eigenvalue weighted by molar-refractivity contribution is 6.14. The highest BCUT2D eigenvalue weighted by Crippen LogP contribution is 2.23. The van der Waals surface area contributed by atoms with Crippen LogP contribution in [0.5, 0.6) is 0 Å². The van der Waals surface area contributed by atoms with Crippen LogP contribution in [0.25, 0.3) is 6.08 Å². The molecule has 0 unspecified atom stereocenters. The Balaban J connectivity index is 2.55. The monoisotopic (exact) mass is 170 g/mol. The first-order valence-electron chi connectivity index (χ1n) is 4.28. The molecule has 1 aromatic carbocycles. The first-order chi connectivity index (χ1) is 6.33. The van der Waals surface area contributed by atoms with Gasteiger partial charge in [-0.05, 0) is 23.6 Å². The van der Waals surface area contributed by atoms with E-state index in [0.29, 0.717) is 0 Å². The van der Waals surface area contributed by atoms with Crippen molar-refractivity contribution in [2.24, 2.45) is 0 Å². The predicted molar refractivity (Wildman–Crippen MR) is 53.7 cm³/mol. The van der Waals surface area contributed by atoms with Gasteiger partial charge in [0, 0.05) is 5.56 Å². The molecule has 0 N–H and O–H groups in total. The molecule has 0 spiro atoms. The molecule has 0 atom stereocenters. The van der Waals surface area contributed by atoms with E-state index in [9.17, 15) is 4.79 Å². The molecule has 1 heteroatoms. The topological polar surface area (TPSA) is 17.1 Å². The number of carbonyl (C=O) groups is 1. The van der Waals surface area contributed by atoms with E-state index in [1.165, 1.54) is 5.56 Å². The van der Waals surface area contributed by atoms with Gasteiger partial charge in [-0.3, -0.25) is 4.79 Å². The summed E-state index contributed by atoms with van der Waals surface area (Å²) in [4.78, 5) is 11.3. The quantitative estimate of drug-likeness (QED) is 0.623. The van der Waals surface area contributed by atoms with Crippen LogP contribution in [0.15, 0.2) is 36.9 Å². The minimum Gasteiger partial charge on any atom is -0.289 e. The number of fused-ring (bicyclic) bond motifs is 1. The second kappa shape index (κ2) is 3.02. The van der Waals surface area contributed by atoms with Crippen LogP contribution in [0.3, 0.4) is 0 Å². The maximum Gasteiger partial charge on any atom is 0.186 e. The zero-order valence-electron chi connectivity index (χ0n) is 7.29. The van der Waals surface area contributed by atoms with Crippen LogP contribution in [0, 0.1) is 0 Å². The highest BCUT2D eigenvalue weighted by Gasteiger charge is 2.15. The third kappa shape index (κ3) is 1.22. The van der Waals surface area contributed by atoms with E-state index in [1.54, 1.807) is 6.08 Å². The van der Waals surface area contributed by atoms with Crippen molar-refractivity contribution < 1.29 is 4.79 Å². The zero-order chi connectivity index (χ0) is 9.26. The van der Waals surface area contributed by atoms with Crippen LogP contribution in [0.4, 0.5) is 0 Å². The molecule has 2 rings (SSSR count). The molecule has 0 radical (unpaired) electrons. The Morgan fingerprint density at radius 3 is 2.92 bits per heavy atom. The van der Waals surface area contributed by atoms with Crippen LogP contribution in [-0.4, -0.2) is 5.78 Å². The minimum absolute atomic E-state index is 0.112. The molecular formula is C12H10O. The van der Waals surface area contributed by atoms with Crippen molar-refractivity contribution in [1.82, 2.24) is 0 Å². The number of rotatable bonds is 2. The molecule has 0 fully saturated rings. The Hall–Kier alpha value is -1.63. The Labute approximate surface area is 77.4 Å². The highest BCUT2D eigenvalue weighted by atomic mass is 16.1. The first kappa shape index (κ1) is 7.99. The number of hydrogen-bond donors (Lipinski definition) is 0. The largest absolute Gasteiger partial charge is 0.289 e. The molecule has 1 aliphatic carbocycles. The van der Waals surface area contributed by atoms with Gasteiger partial charge >= 0.3 is 0 Å². The summed E-state index contributed by atoms with van der Waals surface area (Å²) < 4.78 is 0. The van der Waals surface area contributed by atoms with Crippen LogP contribution < -0.4 is 0 Å². The summed E-state index contributed by atoms with van der Waals surface area (Å²) in [6.45, 7) is 3.69. The molecule has 0 bridgehead atoms. The Morgan fingerprint density at radius 2 is 2.15 bits per heavy atom. The van der Waals surface area contributed by atoms with Gasteiger partial charge in [0.1, 0.15) is 0 Å². The fourth-order valence-corrected chi connectivity index (χ4v) is 1.61. The number of benzene rings is 1. The Morgan fingerprint density at radius 1 is 1.31 bits per heavy atom. The number of carbonyl (C=O) groups excluding carboxylic acids is 1. The molecule has 1 nitrogen and oxygen atoms in total. The summed E-state index contributed by atoms with van der Waals surface area (Å²) in [5.41, 5.74) is 3.06. The van der Waals surface area contributed by atoms with Gasteiger partial charge in [-0.15, -0.1) is 6.58 Å². The van der Waals surface area contributed by atoms with Gasteiger partial charge in [0.15, 0.2) is 5.78 Å². The summed E-state index contributed by atoms with van der Waals surface area (Å²) in [6, 6.07) is 5.82. The molecule has 0 saturated carbocycles. The maximum atomic E-state index is 11.3. The number of ketones is 1. The van der Waals surface area contributed by atoms with Gasteiger partial charge in [-0.2, -0.15) is 0 Å². The van der Waals surface area contributed by atoms with Gasteiger partial charge in [-0.1, -0.05) is 30.4 Å². The lowest BCUT2D eigenvalue weighted by atomic mass is 10.0. The summed E-state index contributed by atoms with van der Waals surface area (Å²) >= 11 is 0. The average molecular weight is 170 g/mol. The molecule has 0 amide bonds. The zero-order valence-corrected chi connectivity index (χ0v) is 7.29. The fourth-order valence-electron chi connectivity index (χ4n) is 1.61. The normalized spacial score (nSPS) is 13.1. The van der Waals surface area contributed by atoms with E-state index in [-0.39, 0.29) is 5.78 Å². The molecular weight excluding hydrogens is 160 g/mol. The van der Waals surface area contributed by atoms with E-state index in [2.05, 4.69) is 6.58 Å². The molecule has 0 heterocycles.